The number of anilines is 1. The fraction of sp³-hybridized carbons (Fsp3) is 0.0714. The number of carboxylic acids is 1. The zero-order valence-electron chi connectivity index (χ0n) is 10.7. The van der Waals surface area contributed by atoms with E-state index in [4.69, 9.17) is 5.11 Å². The molecule has 2 aromatic rings. The molecule has 0 spiro atoms. The summed E-state index contributed by atoms with van der Waals surface area (Å²) < 4.78 is 25.8. The molecule has 0 atom stereocenters. The summed E-state index contributed by atoms with van der Waals surface area (Å²) in [5.41, 5.74) is 0.512. The van der Waals surface area contributed by atoms with Gasteiger partial charge in [-0.05, 0) is 36.4 Å². The van der Waals surface area contributed by atoms with E-state index in [9.17, 15) is 13.2 Å². The van der Waals surface area contributed by atoms with Crippen molar-refractivity contribution in [2.75, 3.05) is 11.4 Å². The molecule has 5 nitrogen and oxygen atoms in total. The van der Waals surface area contributed by atoms with Gasteiger partial charge in [0.2, 0.25) is 0 Å². The Kier molecular flexibility index (Phi) is 5.61. The summed E-state index contributed by atoms with van der Waals surface area (Å²) in [4.78, 5) is 11.0. The normalized spacial score (nSPS) is 10.5. The van der Waals surface area contributed by atoms with Crippen molar-refractivity contribution in [3.8, 4) is 0 Å². The van der Waals surface area contributed by atoms with Crippen molar-refractivity contribution in [2.45, 2.75) is 4.90 Å². The second-order valence-electron chi connectivity index (χ2n) is 4.14. The summed E-state index contributed by atoms with van der Waals surface area (Å²) in [6.45, 7) is 0. The van der Waals surface area contributed by atoms with E-state index in [-0.39, 0.29) is 29.3 Å². The van der Waals surface area contributed by atoms with Crippen molar-refractivity contribution in [1.82, 2.24) is 0 Å². The quantitative estimate of drug-likeness (QED) is 0.869. The van der Waals surface area contributed by atoms with Crippen molar-refractivity contribution in [2.24, 2.45) is 0 Å². The summed E-state index contributed by atoms with van der Waals surface area (Å²) in [5.74, 6) is -1.05. The number of nitrogens with zero attached hydrogens (tertiary/aromatic N) is 1. The molecule has 2 rings (SSSR count). The third kappa shape index (κ3) is 3.67. The molecule has 0 amide bonds. The van der Waals surface area contributed by atoms with Gasteiger partial charge in [-0.15, -0.1) is 0 Å². The van der Waals surface area contributed by atoms with Crippen LogP contribution >= 0.6 is 0 Å². The van der Waals surface area contributed by atoms with E-state index in [1.165, 1.54) is 43.4 Å². The van der Waals surface area contributed by atoms with Crippen molar-refractivity contribution in [1.29, 1.82) is 0 Å². The Balaban J connectivity index is 0.00000220. The molecule has 0 radical (unpaired) electrons. The van der Waals surface area contributed by atoms with E-state index in [1.807, 2.05) is 0 Å². The standard InChI is InChI=1S/C14H13NO4S.Li.H/c1-15(12-9-7-11(8-10-12)14(16)17)20(18,19)13-5-3-2-4-6-13;;/h2-10H,1H3,(H,16,17);;. The average molecular weight is 299 g/mol. The Hall–Kier alpha value is -1.74. The Morgan fingerprint density at radius 3 is 2.00 bits per heavy atom. The first kappa shape index (κ1) is 17.3. The van der Waals surface area contributed by atoms with Crippen molar-refractivity contribution in [3.05, 3.63) is 60.2 Å². The van der Waals surface area contributed by atoms with E-state index in [1.54, 1.807) is 18.2 Å². The predicted molar refractivity (Wildman–Crippen MR) is 82.6 cm³/mol. The zero-order chi connectivity index (χ0) is 14.8. The molecule has 0 aliphatic carbocycles. The molecular weight excluding hydrogens is 285 g/mol. The van der Waals surface area contributed by atoms with E-state index >= 15 is 0 Å². The summed E-state index contributed by atoms with van der Waals surface area (Å²) in [6, 6.07) is 13.7. The molecule has 2 aromatic carbocycles. The summed E-state index contributed by atoms with van der Waals surface area (Å²) in [5, 5.41) is 8.82. The number of rotatable bonds is 4. The Morgan fingerprint density at radius 1 is 1.00 bits per heavy atom. The number of carbonyl (C=O) groups is 1. The third-order valence-electron chi connectivity index (χ3n) is 2.88. The second kappa shape index (κ2) is 6.81. The summed E-state index contributed by atoms with van der Waals surface area (Å²) in [7, 11) is -2.21. The monoisotopic (exact) mass is 299 g/mol. The van der Waals surface area contributed by atoms with Crippen LogP contribution in [-0.4, -0.2) is 45.4 Å². The molecule has 0 fully saturated rings. The van der Waals surface area contributed by atoms with Gasteiger partial charge < -0.3 is 5.11 Å². The van der Waals surface area contributed by atoms with Gasteiger partial charge in [-0.25, -0.2) is 13.2 Å². The van der Waals surface area contributed by atoms with E-state index < -0.39 is 16.0 Å². The predicted octanol–water partition coefficient (Wildman–Crippen LogP) is 1.56. The van der Waals surface area contributed by atoms with Crippen molar-refractivity contribution in [3.63, 3.8) is 0 Å². The van der Waals surface area contributed by atoms with Crippen LogP contribution in [0.15, 0.2) is 59.5 Å². The van der Waals surface area contributed by atoms with Gasteiger partial charge in [0.25, 0.3) is 10.0 Å². The summed E-state index contributed by atoms with van der Waals surface area (Å²) >= 11 is 0. The SMILES string of the molecule is CN(c1ccc(C(=O)O)cc1)S(=O)(=O)c1ccccc1.[LiH]. The number of aromatic carboxylic acids is 1. The van der Waals surface area contributed by atoms with Crippen molar-refractivity contribution >= 4 is 40.5 Å². The number of carboxylic acid groups (broad SMARTS) is 1. The van der Waals surface area contributed by atoms with Crippen LogP contribution in [0.1, 0.15) is 10.4 Å². The van der Waals surface area contributed by atoms with Crippen LogP contribution in [0.2, 0.25) is 0 Å². The van der Waals surface area contributed by atoms with E-state index in [0.29, 0.717) is 5.69 Å². The van der Waals surface area contributed by atoms with Gasteiger partial charge in [0.05, 0.1) is 16.1 Å². The van der Waals surface area contributed by atoms with Crippen molar-refractivity contribution < 1.29 is 18.3 Å². The average Bonchev–Trinajstić information content (AvgIpc) is 2.47. The fourth-order valence-corrected chi connectivity index (χ4v) is 2.92. The molecule has 21 heavy (non-hydrogen) atoms. The second-order valence-corrected chi connectivity index (χ2v) is 6.11. The van der Waals surface area contributed by atoms with Crippen LogP contribution in [-0.2, 0) is 10.0 Å². The molecule has 7 heteroatoms. The molecule has 106 valence electrons. The van der Waals surface area contributed by atoms with Gasteiger partial charge in [-0.1, -0.05) is 18.2 Å². The molecule has 0 heterocycles. The van der Waals surface area contributed by atoms with Gasteiger partial charge in [-0.3, -0.25) is 4.31 Å². The van der Waals surface area contributed by atoms with Gasteiger partial charge in [0.15, 0.2) is 0 Å². The molecule has 0 saturated heterocycles. The Morgan fingerprint density at radius 2 is 1.52 bits per heavy atom. The maximum absolute atomic E-state index is 12.4. The van der Waals surface area contributed by atoms with Gasteiger partial charge in [0.1, 0.15) is 0 Å². The molecular formula is C14H14LiNO4S. The third-order valence-corrected chi connectivity index (χ3v) is 4.68. The van der Waals surface area contributed by atoms with Crippen LogP contribution in [0.3, 0.4) is 0 Å². The Labute approximate surface area is 135 Å². The first-order valence-corrected chi connectivity index (χ1v) is 7.24. The van der Waals surface area contributed by atoms with Crippen LogP contribution in [0.4, 0.5) is 5.69 Å². The van der Waals surface area contributed by atoms with Gasteiger partial charge in [0, 0.05) is 7.05 Å². The zero-order valence-corrected chi connectivity index (χ0v) is 11.5. The first-order valence-electron chi connectivity index (χ1n) is 5.80. The molecule has 0 aromatic heterocycles. The minimum absolute atomic E-state index is 0. The van der Waals surface area contributed by atoms with Crippen LogP contribution in [0.5, 0.6) is 0 Å². The number of hydrogen-bond acceptors (Lipinski definition) is 3. The molecule has 0 bridgehead atoms. The summed E-state index contributed by atoms with van der Waals surface area (Å²) in [6.07, 6.45) is 0. The molecule has 0 saturated carbocycles. The van der Waals surface area contributed by atoms with Crippen LogP contribution in [0.25, 0.3) is 0 Å². The van der Waals surface area contributed by atoms with Gasteiger partial charge in [-0.2, -0.15) is 0 Å². The first-order chi connectivity index (χ1) is 9.43. The maximum atomic E-state index is 12.4. The molecule has 0 aliphatic heterocycles. The van der Waals surface area contributed by atoms with Crippen LogP contribution in [0, 0.1) is 0 Å². The number of hydrogen-bond donors (Lipinski definition) is 1. The number of sulfonamides is 1. The van der Waals surface area contributed by atoms with E-state index in [0.717, 1.165) is 4.31 Å². The fourth-order valence-electron chi connectivity index (χ4n) is 1.70. The molecule has 0 unspecified atom stereocenters. The Bertz CT molecular complexity index is 714. The minimum atomic E-state index is -3.64. The molecule has 1 N–H and O–H groups in total. The van der Waals surface area contributed by atoms with E-state index in [2.05, 4.69) is 0 Å². The van der Waals surface area contributed by atoms with Crippen LogP contribution < -0.4 is 4.31 Å². The number of benzene rings is 2. The topological polar surface area (TPSA) is 74.7 Å². The molecule has 0 aliphatic rings. The van der Waals surface area contributed by atoms with Gasteiger partial charge >= 0.3 is 24.8 Å².